The van der Waals surface area contributed by atoms with Gasteiger partial charge < -0.3 is 20.7 Å². The Kier molecular flexibility index (Phi) is 5.27. The van der Waals surface area contributed by atoms with Crippen LogP contribution >= 0.6 is 11.3 Å². The SMILES string of the molecule is COc1cc(NC(=O)Nc2cccc(C)c2C)cc2sc(NC(C)=O)nc12. The molecule has 3 rings (SSSR count). The Morgan fingerprint density at radius 3 is 2.59 bits per heavy atom. The van der Waals surface area contributed by atoms with Crippen LogP contribution in [0.3, 0.4) is 0 Å². The lowest BCUT2D eigenvalue weighted by Gasteiger charge is -2.12. The molecule has 0 saturated heterocycles. The van der Waals surface area contributed by atoms with E-state index in [9.17, 15) is 9.59 Å². The molecule has 8 heteroatoms. The number of rotatable bonds is 4. The average molecular weight is 384 g/mol. The highest BCUT2D eigenvalue weighted by Crippen LogP contribution is 2.35. The molecule has 0 fully saturated rings. The number of aromatic nitrogens is 1. The van der Waals surface area contributed by atoms with Gasteiger partial charge in [0.15, 0.2) is 5.13 Å². The Morgan fingerprint density at radius 1 is 1.11 bits per heavy atom. The van der Waals surface area contributed by atoms with Gasteiger partial charge in [-0.25, -0.2) is 9.78 Å². The molecule has 0 aliphatic rings. The molecule has 1 heterocycles. The Balaban J connectivity index is 1.84. The highest BCUT2D eigenvalue weighted by molar-refractivity contribution is 7.22. The van der Waals surface area contributed by atoms with Crippen LogP contribution in [0.25, 0.3) is 10.2 Å². The van der Waals surface area contributed by atoms with Gasteiger partial charge in [0.25, 0.3) is 0 Å². The van der Waals surface area contributed by atoms with E-state index in [1.54, 1.807) is 12.1 Å². The van der Waals surface area contributed by atoms with E-state index in [-0.39, 0.29) is 11.9 Å². The molecule has 0 atom stereocenters. The fourth-order valence-electron chi connectivity index (χ4n) is 2.60. The maximum Gasteiger partial charge on any atom is 0.323 e. The standard InChI is InChI=1S/C19H20N4O3S/c1-10-6-5-7-14(11(10)2)22-18(25)21-13-8-15(26-4)17-16(9-13)27-19(23-17)20-12(3)24/h5-9H,1-4H3,(H,20,23,24)(H2,21,22,25). The van der Waals surface area contributed by atoms with Crippen molar-refractivity contribution >= 4 is 50.0 Å². The van der Waals surface area contributed by atoms with Crippen molar-refractivity contribution in [2.24, 2.45) is 0 Å². The summed E-state index contributed by atoms with van der Waals surface area (Å²) in [6.07, 6.45) is 0. The maximum absolute atomic E-state index is 12.4. The third-order valence-corrected chi connectivity index (χ3v) is 4.99. The number of urea groups is 1. The predicted octanol–water partition coefficient (Wildman–Crippen LogP) is 4.52. The van der Waals surface area contributed by atoms with Crippen molar-refractivity contribution in [3.63, 3.8) is 0 Å². The third kappa shape index (κ3) is 4.17. The fourth-order valence-corrected chi connectivity index (χ4v) is 3.57. The first-order valence-electron chi connectivity index (χ1n) is 8.27. The van der Waals surface area contributed by atoms with Crippen molar-refractivity contribution in [1.29, 1.82) is 0 Å². The lowest BCUT2D eigenvalue weighted by atomic mass is 10.1. The number of hydrogen-bond donors (Lipinski definition) is 3. The molecular weight excluding hydrogens is 364 g/mol. The summed E-state index contributed by atoms with van der Waals surface area (Å²) in [6.45, 7) is 5.38. The molecule has 0 bridgehead atoms. The van der Waals surface area contributed by atoms with Gasteiger partial charge in [-0.2, -0.15) is 0 Å². The van der Waals surface area contributed by atoms with Crippen LogP contribution in [0.4, 0.5) is 21.3 Å². The van der Waals surface area contributed by atoms with E-state index < -0.39 is 0 Å². The van der Waals surface area contributed by atoms with Crippen molar-refractivity contribution in [2.75, 3.05) is 23.1 Å². The number of nitrogens with zero attached hydrogens (tertiary/aromatic N) is 1. The minimum Gasteiger partial charge on any atom is -0.494 e. The second-order valence-electron chi connectivity index (χ2n) is 6.05. The summed E-state index contributed by atoms with van der Waals surface area (Å²) < 4.78 is 6.17. The Bertz CT molecular complexity index is 1030. The third-order valence-electron chi connectivity index (χ3n) is 4.07. The number of thiazole rings is 1. The van der Waals surface area contributed by atoms with Crippen LogP contribution in [0, 0.1) is 13.8 Å². The van der Waals surface area contributed by atoms with Crippen LogP contribution in [0.5, 0.6) is 5.75 Å². The first kappa shape index (κ1) is 18.7. The minimum atomic E-state index is -0.350. The molecule has 2 aromatic carbocycles. The van der Waals surface area contributed by atoms with Crippen LogP contribution in [-0.4, -0.2) is 24.0 Å². The van der Waals surface area contributed by atoms with Gasteiger partial charge in [0.05, 0.1) is 11.8 Å². The number of anilines is 3. The van der Waals surface area contributed by atoms with Crippen molar-refractivity contribution in [2.45, 2.75) is 20.8 Å². The van der Waals surface area contributed by atoms with Gasteiger partial charge in [-0.15, -0.1) is 0 Å². The average Bonchev–Trinajstić information content (AvgIpc) is 2.99. The molecule has 0 spiro atoms. The molecule has 0 aliphatic carbocycles. The summed E-state index contributed by atoms with van der Waals surface area (Å²) in [6, 6.07) is 8.89. The van der Waals surface area contributed by atoms with Gasteiger partial charge in [-0.3, -0.25) is 4.79 Å². The highest BCUT2D eigenvalue weighted by atomic mass is 32.1. The number of carbonyl (C=O) groups is 2. The minimum absolute atomic E-state index is 0.195. The first-order valence-corrected chi connectivity index (χ1v) is 9.09. The smallest absolute Gasteiger partial charge is 0.323 e. The monoisotopic (exact) mass is 384 g/mol. The summed E-state index contributed by atoms with van der Waals surface area (Å²) in [5.41, 5.74) is 4.08. The van der Waals surface area contributed by atoms with E-state index in [4.69, 9.17) is 4.74 Å². The van der Waals surface area contributed by atoms with E-state index in [0.717, 1.165) is 21.5 Å². The van der Waals surface area contributed by atoms with Crippen LogP contribution in [-0.2, 0) is 4.79 Å². The van der Waals surface area contributed by atoms with Crippen molar-refractivity contribution in [3.8, 4) is 5.75 Å². The lowest BCUT2D eigenvalue weighted by Crippen LogP contribution is -2.20. The number of carbonyl (C=O) groups excluding carboxylic acids is 2. The van der Waals surface area contributed by atoms with Gasteiger partial charge >= 0.3 is 6.03 Å². The largest absolute Gasteiger partial charge is 0.494 e. The van der Waals surface area contributed by atoms with E-state index in [1.165, 1.54) is 25.4 Å². The maximum atomic E-state index is 12.4. The molecule has 1 aromatic heterocycles. The zero-order valence-corrected chi connectivity index (χ0v) is 16.3. The Morgan fingerprint density at radius 2 is 1.89 bits per heavy atom. The normalized spacial score (nSPS) is 10.5. The quantitative estimate of drug-likeness (QED) is 0.616. The van der Waals surface area contributed by atoms with Gasteiger partial charge in [-0.05, 0) is 37.1 Å². The number of amides is 3. The number of fused-ring (bicyclic) bond motifs is 1. The van der Waals surface area contributed by atoms with E-state index in [2.05, 4.69) is 20.9 Å². The zero-order chi connectivity index (χ0) is 19.6. The topological polar surface area (TPSA) is 92.4 Å². The summed E-state index contributed by atoms with van der Waals surface area (Å²) in [5.74, 6) is 0.321. The molecule has 3 aromatic rings. The van der Waals surface area contributed by atoms with Crippen LogP contribution < -0.4 is 20.7 Å². The molecule has 0 aliphatic heterocycles. The van der Waals surface area contributed by atoms with Crippen LogP contribution in [0.2, 0.25) is 0 Å². The van der Waals surface area contributed by atoms with Gasteiger partial charge in [0.2, 0.25) is 5.91 Å². The lowest BCUT2D eigenvalue weighted by molar-refractivity contribution is -0.114. The Labute approximate surface area is 160 Å². The Hall–Kier alpha value is -3.13. The van der Waals surface area contributed by atoms with Gasteiger partial charge in [0, 0.05) is 24.4 Å². The number of benzene rings is 2. The molecule has 7 nitrogen and oxygen atoms in total. The molecule has 0 saturated carbocycles. The predicted molar refractivity (Wildman–Crippen MR) is 109 cm³/mol. The number of methoxy groups -OCH3 is 1. The van der Waals surface area contributed by atoms with E-state index in [0.29, 0.717) is 22.1 Å². The van der Waals surface area contributed by atoms with Gasteiger partial charge in [-0.1, -0.05) is 23.5 Å². The van der Waals surface area contributed by atoms with Crippen LogP contribution in [0.1, 0.15) is 18.1 Å². The highest BCUT2D eigenvalue weighted by Gasteiger charge is 2.13. The number of hydrogen-bond acceptors (Lipinski definition) is 5. The number of aryl methyl sites for hydroxylation is 1. The van der Waals surface area contributed by atoms with E-state index in [1.807, 2.05) is 32.0 Å². The fraction of sp³-hybridized carbons (Fsp3) is 0.211. The molecule has 27 heavy (non-hydrogen) atoms. The summed E-state index contributed by atoms with van der Waals surface area (Å²) in [7, 11) is 1.53. The zero-order valence-electron chi connectivity index (χ0n) is 15.5. The summed E-state index contributed by atoms with van der Waals surface area (Å²) in [5, 5.41) is 8.81. The second-order valence-corrected chi connectivity index (χ2v) is 7.08. The number of ether oxygens (including phenoxy) is 1. The van der Waals surface area contributed by atoms with Crippen LogP contribution in [0.15, 0.2) is 30.3 Å². The molecule has 140 valence electrons. The molecule has 3 amide bonds. The molecule has 3 N–H and O–H groups in total. The second kappa shape index (κ2) is 7.63. The van der Waals surface area contributed by atoms with E-state index >= 15 is 0 Å². The molecule has 0 radical (unpaired) electrons. The summed E-state index contributed by atoms with van der Waals surface area (Å²) in [4.78, 5) is 28.0. The van der Waals surface area contributed by atoms with Crippen molar-refractivity contribution in [1.82, 2.24) is 4.98 Å². The first-order chi connectivity index (χ1) is 12.9. The van der Waals surface area contributed by atoms with Crippen molar-refractivity contribution in [3.05, 3.63) is 41.5 Å². The molecule has 0 unspecified atom stereocenters. The van der Waals surface area contributed by atoms with Crippen molar-refractivity contribution < 1.29 is 14.3 Å². The van der Waals surface area contributed by atoms with Gasteiger partial charge in [0.1, 0.15) is 11.3 Å². The summed E-state index contributed by atoms with van der Waals surface area (Å²) >= 11 is 1.31. The molecular formula is C19H20N4O3S. The number of nitrogens with one attached hydrogen (secondary N) is 3.